The van der Waals surface area contributed by atoms with Gasteiger partial charge in [0.2, 0.25) is 0 Å². The molecular formula is C18H18N2O4S. The van der Waals surface area contributed by atoms with Crippen molar-refractivity contribution in [3.05, 3.63) is 59.7 Å². The normalized spacial score (nSPS) is 10.0. The third-order valence-electron chi connectivity index (χ3n) is 3.30. The third kappa shape index (κ3) is 5.09. The highest BCUT2D eigenvalue weighted by Gasteiger charge is 2.14. The molecule has 0 aliphatic rings. The summed E-state index contributed by atoms with van der Waals surface area (Å²) in [6.07, 6.45) is 1.86. The number of carbonyl (C=O) groups excluding carboxylic acids is 3. The van der Waals surface area contributed by atoms with Crippen LogP contribution in [0.15, 0.2) is 53.4 Å². The van der Waals surface area contributed by atoms with Crippen LogP contribution >= 0.6 is 11.8 Å². The highest BCUT2D eigenvalue weighted by molar-refractivity contribution is 7.98. The average molecular weight is 358 g/mol. The van der Waals surface area contributed by atoms with Crippen LogP contribution in [0.4, 0.5) is 5.69 Å². The average Bonchev–Trinajstić information content (AvgIpc) is 2.65. The third-order valence-corrected chi connectivity index (χ3v) is 4.09. The number of anilines is 1. The summed E-state index contributed by atoms with van der Waals surface area (Å²) in [6.45, 7) is -0.411. The number of hydrogen-bond acceptors (Lipinski definition) is 5. The van der Waals surface area contributed by atoms with E-state index in [0.29, 0.717) is 16.8 Å². The largest absolute Gasteiger partial charge is 0.452 e. The van der Waals surface area contributed by atoms with Crippen molar-refractivity contribution < 1.29 is 19.1 Å². The van der Waals surface area contributed by atoms with Gasteiger partial charge in [-0.1, -0.05) is 18.2 Å². The van der Waals surface area contributed by atoms with Gasteiger partial charge >= 0.3 is 5.97 Å². The smallest absolute Gasteiger partial charge is 0.339 e. The molecule has 7 heteroatoms. The standard InChI is InChI=1S/C18H18N2O4S/c1-19-17(22)12-6-5-7-13(10-12)20-16(21)11-24-18(23)14-8-3-4-9-15(14)25-2/h3-10H,11H2,1-2H3,(H,19,22)(H,20,21). The quantitative estimate of drug-likeness (QED) is 0.612. The zero-order valence-corrected chi connectivity index (χ0v) is 14.7. The molecule has 0 saturated carbocycles. The number of ether oxygens (including phenoxy) is 1. The monoisotopic (exact) mass is 358 g/mol. The van der Waals surface area contributed by atoms with Crippen LogP contribution in [-0.2, 0) is 9.53 Å². The minimum Gasteiger partial charge on any atom is -0.452 e. The molecule has 2 aromatic carbocycles. The lowest BCUT2D eigenvalue weighted by atomic mass is 10.2. The van der Waals surface area contributed by atoms with E-state index in [1.807, 2.05) is 18.4 Å². The molecule has 0 fully saturated rings. The van der Waals surface area contributed by atoms with Gasteiger partial charge in [0.1, 0.15) is 0 Å². The van der Waals surface area contributed by atoms with Gasteiger partial charge in [-0.2, -0.15) is 0 Å². The Labute approximate surface area is 149 Å². The lowest BCUT2D eigenvalue weighted by Crippen LogP contribution is -2.22. The van der Waals surface area contributed by atoms with Gasteiger partial charge < -0.3 is 15.4 Å². The second-order valence-corrected chi connectivity index (χ2v) is 5.83. The zero-order chi connectivity index (χ0) is 18.2. The Morgan fingerprint density at radius 3 is 2.56 bits per heavy atom. The molecule has 0 bridgehead atoms. The number of thioether (sulfide) groups is 1. The Kier molecular flexibility index (Phi) is 6.59. The minimum absolute atomic E-state index is 0.254. The van der Waals surface area contributed by atoms with Crippen LogP contribution in [0.1, 0.15) is 20.7 Å². The molecule has 2 rings (SSSR count). The molecule has 0 aromatic heterocycles. The van der Waals surface area contributed by atoms with E-state index >= 15 is 0 Å². The van der Waals surface area contributed by atoms with Crippen LogP contribution in [0, 0.1) is 0 Å². The summed E-state index contributed by atoms with van der Waals surface area (Å²) in [7, 11) is 1.53. The molecule has 0 unspecified atom stereocenters. The van der Waals surface area contributed by atoms with Gasteiger partial charge in [0, 0.05) is 23.2 Å². The summed E-state index contributed by atoms with van der Waals surface area (Å²) in [5.74, 6) is -1.29. The highest BCUT2D eigenvalue weighted by Crippen LogP contribution is 2.20. The first kappa shape index (κ1) is 18.5. The number of carbonyl (C=O) groups is 3. The SMILES string of the molecule is CNC(=O)c1cccc(NC(=O)COC(=O)c2ccccc2SC)c1. The fourth-order valence-corrected chi connectivity index (χ4v) is 2.69. The van der Waals surface area contributed by atoms with E-state index in [9.17, 15) is 14.4 Å². The van der Waals surface area contributed by atoms with Crippen molar-refractivity contribution in [3.63, 3.8) is 0 Å². The van der Waals surface area contributed by atoms with E-state index < -0.39 is 18.5 Å². The predicted molar refractivity (Wildman–Crippen MR) is 97.0 cm³/mol. The Bertz CT molecular complexity index is 792. The maximum atomic E-state index is 12.1. The molecule has 0 aliphatic carbocycles. The van der Waals surface area contributed by atoms with Gasteiger partial charge in [0.05, 0.1) is 5.56 Å². The molecule has 0 atom stereocenters. The second kappa shape index (κ2) is 8.89. The maximum absolute atomic E-state index is 12.1. The van der Waals surface area contributed by atoms with Gasteiger partial charge in [0.15, 0.2) is 6.61 Å². The summed E-state index contributed by atoms with van der Waals surface area (Å²) < 4.78 is 5.06. The number of amides is 2. The maximum Gasteiger partial charge on any atom is 0.339 e. The molecule has 0 spiro atoms. The summed E-state index contributed by atoms with van der Waals surface area (Å²) in [6, 6.07) is 13.5. The van der Waals surface area contributed by atoms with Crippen molar-refractivity contribution in [2.45, 2.75) is 4.90 Å². The molecule has 6 nitrogen and oxygen atoms in total. The zero-order valence-electron chi connectivity index (χ0n) is 13.9. The molecule has 0 heterocycles. The fourth-order valence-electron chi connectivity index (χ4n) is 2.10. The van der Waals surface area contributed by atoms with Crippen molar-refractivity contribution >= 4 is 35.2 Å². The van der Waals surface area contributed by atoms with E-state index in [0.717, 1.165) is 4.90 Å². The van der Waals surface area contributed by atoms with E-state index in [-0.39, 0.29) is 5.91 Å². The molecular weight excluding hydrogens is 340 g/mol. The van der Waals surface area contributed by atoms with Crippen molar-refractivity contribution in [2.24, 2.45) is 0 Å². The summed E-state index contributed by atoms with van der Waals surface area (Å²) in [5.41, 5.74) is 1.29. The van der Waals surface area contributed by atoms with Gasteiger partial charge in [-0.05, 0) is 36.6 Å². The van der Waals surface area contributed by atoms with E-state index in [4.69, 9.17) is 4.74 Å². The van der Waals surface area contributed by atoms with Crippen molar-refractivity contribution in [2.75, 3.05) is 25.2 Å². The summed E-state index contributed by atoms with van der Waals surface area (Å²) in [4.78, 5) is 36.4. The van der Waals surface area contributed by atoms with Gasteiger partial charge in [-0.25, -0.2) is 4.79 Å². The number of rotatable bonds is 6. The molecule has 25 heavy (non-hydrogen) atoms. The van der Waals surface area contributed by atoms with E-state index in [1.54, 1.807) is 36.4 Å². The molecule has 0 saturated heterocycles. The molecule has 2 aromatic rings. The molecule has 0 aliphatic heterocycles. The molecule has 130 valence electrons. The van der Waals surface area contributed by atoms with Crippen molar-refractivity contribution in [1.29, 1.82) is 0 Å². The lowest BCUT2D eigenvalue weighted by molar-refractivity contribution is -0.119. The summed E-state index contributed by atoms with van der Waals surface area (Å²) in [5, 5.41) is 5.10. The Morgan fingerprint density at radius 2 is 1.84 bits per heavy atom. The van der Waals surface area contributed by atoms with Gasteiger partial charge in [0.25, 0.3) is 11.8 Å². The van der Waals surface area contributed by atoms with Crippen LogP contribution < -0.4 is 10.6 Å². The molecule has 2 amide bonds. The molecule has 2 N–H and O–H groups in total. The topological polar surface area (TPSA) is 84.5 Å². The first-order valence-corrected chi connectivity index (χ1v) is 8.69. The van der Waals surface area contributed by atoms with Crippen LogP contribution in [0.3, 0.4) is 0 Å². The van der Waals surface area contributed by atoms with Crippen LogP contribution in [-0.4, -0.2) is 37.7 Å². The number of hydrogen-bond donors (Lipinski definition) is 2. The Balaban J connectivity index is 1.95. The number of esters is 1. The van der Waals surface area contributed by atoms with E-state index in [1.165, 1.54) is 18.8 Å². The predicted octanol–water partition coefficient (Wildman–Crippen LogP) is 2.56. The van der Waals surface area contributed by atoms with E-state index in [2.05, 4.69) is 10.6 Å². The highest BCUT2D eigenvalue weighted by atomic mass is 32.2. The fraction of sp³-hybridized carbons (Fsp3) is 0.167. The first-order chi connectivity index (χ1) is 12.0. The summed E-state index contributed by atoms with van der Waals surface area (Å²) >= 11 is 1.43. The van der Waals surface area contributed by atoms with Crippen LogP contribution in [0.5, 0.6) is 0 Å². The lowest BCUT2D eigenvalue weighted by Gasteiger charge is -2.09. The van der Waals surface area contributed by atoms with Gasteiger partial charge in [-0.3, -0.25) is 9.59 Å². The van der Waals surface area contributed by atoms with Crippen LogP contribution in [0.25, 0.3) is 0 Å². The van der Waals surface area contributed by atoms with Gasteiger partial charge in [-0.15, -0.1) is 11.8 Å². The minimum atomic E-state index is -0.556. The van der Waals surface area contributed by atoms with Crippen molar-refractivity contribution in [3.8, 4) is 0 Å². The second-order valence-electron chi connectivity index (χ2n) is 4.98. The van der Waals surface area contributed by atoms with Crippen molar-refractivity contribution in [1.82, 2.24) is 5.32 Å². The first-order valence-electron chi connectivity index (χ1n) is 7.47. The Morgan fingerprint density at radius 1 is 1.08 bits per heavy atom. The number of nitrogens with one attached hydrogen (secondary N) is 2. The molecule has 0 radical (unpaired) electrons. The van der Waals surface area contributed by atoms with Crippen LogP contribution in [0.2, 0.25) is 0 Å². The number of benzene rings is 2. The Hall–Kier alpha value is -2.80.